The third-order valence-corrected chi connectivity index (χ3v) is 10.8. The molecule has 10 heteroatoms. The van der Waals surface area contributed by atoms with Gasteiger partial charge in [0, 0.05) is 71.5 Å². The minimum Gasteiger partial charge on any atom is -0.481 e. The molecule has 1 unspecified atom stereocenters. The number of hydrogen-bond donors (Lipinski definition) is 1. The van der Waals surface area contributed by atoms with E-state index in [1.54, 1.807) is 0 Å². The van der Waals surface area contributed by atoms with Gasteiger partial charge in [-0.05, 0) is 114 Å². The monoisotopic (exact) mass is 735 g/mol. The molecule has 1 aliphatic carbocycles. The van der Waals surface area contributed by atoms with Gasteiger partial charge in [-0.25, -0.2) is 0 Å². The number of carboxylic acid groups (broad SMARTS) is 1. The summed E-state index contributed by atoms with van der Waals surface area (Å²) in [5.41, 5.74) is 5.00. The number of carbonyl (C=O) groups excluding carboxylic acids is 2. The fourth-order valence-corrected chi connectivity index (χ4v) is 8.66. The molecular weight excluding hydrogens is 698 g/mol. The largest absolute Gasteiger partial charge is 0.481 e. The Kier molecular flexibility index (Phi) is 11.2. The van der Waals surface area contributed by atoms with E-state index in [0.29, 0.717) is 44.2 Å². The van der Waals surface area contributed by atoms with Crippen LogP contribution in [0.3, 0.4) is 0 Å². The Hall–Kier alpha value is -1.97. The smallest absolute Gasteiger partial charge is 0.303 e. The predicted octanol–water partition coefficient (Wildman–Crippen LogP) is 7.39. The molecule has 43 heavy (non-hydrogen) atoms. The van der Waals surface area contributed by atoms with E-state index in [9.17, 15) is 14.4 Å². The molecule has 2 saturated heterocycles. The zero-order valence-electron chi connectivity index (χ0n) is 24.5. The van der Waals surface area contributed by atoms with Crippen molar-refractivity contribution in [1.29, 1.82) is 0 Å². The molecule has 5 rings (SSSR count). The summed E-state index contributed by atoms with van der Waals surface area (Å²) in [7, 11) is 0. The van der Waals surface area contributed by atoms with Gasteiger partial charge in [0.2, 0.25) is 11.8 Å². The lowest BCUT2D eigenvalue weighted by Gasteiger charge is -2.38. The van der Waals surface area contributed by atoms with Gasteiger partial charge in [-0.3, -0.25) is 19.4 Å². The van der Waals surface area contributed by atoms with Gasteiger partial charge in [-0.15, -0.1) is 0 Å². The molecule has 1 aromatic heterocycles. The van der Waals surface area contributed by atoms with Gasteiger partial charge in [-0.1, -0.05) is 34.0 Å². The summed E-state index contributed by atoms with van der Waals surface area (Å²) in [6.07, 6.45) is 10.6. The molecular formula is C33H40Br2ClN3O4. The molecule has 232 valence electrons. The van der Waals surface area contributed by atoms with Crippen LogP contribution in [0.15, 0.2) is 33.3 Å². The first-order chi connectivity index (χ1) is 20.7. The van der Waals surface area contributed by atoms with E-state index < -0.39 is 5.97 Å². The maximum absolute atomic E-state index is 13.4. The van der Waals surface area contributed by atoms with E-state index in [4.69, 9.17) is 21.7 Å². The van der Waals surface area contributed by atoms with Crippen molar-refractivity contribution in [1.82, 2.24) is 14.8 Å². The molecule has 0 saturated carbocycles. The summed E-state index contributed by atoms with van der Waals surface area (Å²) in [6, 6.07) is 6.31. The van der Waals surface area contributed by atoms with Crippen molar-refractivity contribution in [3.63, 3.8) is 0 Å². The first-order valence-electron chi connectivity index (χ1n) is 15.6. The number of carbonyl (C=O) groups is 3. The highest BCUT2D eigenvalue weighted by molar-refractivity contribution is 9.10. The quantitative estimate of drug-likeness (QED) is 0.271. The maximum atomic E-state index is 13.4. The Bertz CT molecular complexity index is 1340. The number of amides is 2. The molecule has 2 aromatic rings. The van der Waals surface area contributed by atoms with E-state index in [1.807, 2.05) is 17.2 Å². The lowest BCUT2D eigenvalue weighted by molar-refractivity contribution is -0.137. The number of fused-ring (bicyclic) bond motifs is 2. The van der Waals surface area contributed by atoms with Crippen LogP contribution in [-0.4, -0.2) is 63.9 Å². The van der Waals surface area contributed by atoms with Crippen molar-refractivity contribution in [3.05, 3.63) is 60.7 Å². The average Bonchev–Trinajstić information content (AvgIpc) is 3.14. The molecule has 0 radical (unpaired) electrons. The minimum atomic E-state index is -0.784. The summed E-state index contributed by atoms with van der Waals surface area (Å²) in [5.74, 6) is 0.452. The van der Waals surface area contributed by atoms with Gasteiger partial charge in [0.15, 0.2) is 0 Å². The van der Waals surface area contributed by atoms with Crippen molar-refractivity contribution in [2.24, 2.45) is 11.8 Å². The molecule has 2 fully saturated rings. The first kappa shape index (κ1) is 32.4. The van der Waals surface area contributed by atoms with Crippen LogP contribution in [0.1, 0.15) is 92.5 Å². The minimum absolute atomic E-state index is 0.152. The molecule has 3 aliphatic rings. The SMILES string of the molecule is O=C(O)CCCCCC(=O)N1CCC(CC(=O)N2CCC(C3c4ncc(Br)cc4CCc4cc(Cl)cc(Br)c43)CC2)CC1. The number of aliphatic carboxylic acids is 1. The summed E-state index contributed by atoms with van der Waals surface area (Å²) in [5, 5.41) is 9.49. The van der Waals surface area contributed by atoms with Crippen molar-refractivity contribution in [2.75, 3.05) is 26.2 Å². The van der Waals surface area contributed by atoms with E-state index in [-0.39, 0.29) is 24.2 Å². The lowest BCUT2D eigenvalue weighted by atomic mass is 9.76. The van der Waals surface area contributed by atoms with Crippen molar-refractivity contribution < 1.29 is 19.5 Å². The Balaban J connectivity index is 1.14. The summed E-state index contributed by atoms with van der Waals surface area (Å²) >= 11 is 13.9. The van der Waals surface area contributed by atoms with Crippen LogP contribution in [0.5, 0.6) is 0 Å². The van der Waals surface area contributed by atoms with Gasteiger partial charge in [-0.2, -0.15) is 0 Å². The van der Waals surface area contributed by atoms with Crippen LogP contribution in [0.25, 0.3) is 0 Å². The molecule has 2 aliphatic heterocycles. The number of likely N-dealkylation sites (tertiary alicyclic amines) is 2. The van der Waals surface area contributed by atoms with Gasteiger partial charge in [0.05, 0.1) is 5.69 Å². The Labute approximate surface area is 276 Å². The van der Waals surface area contributed by atoms with Gasteiger partial charge >= 0.3 is 5.97 Å². The number of carboxylic acids is 1. The Morgan fingerprint density at radius 2 is 1.51 bits per heavy atom. The third kappa shape index (κ3) is 8.20. The number of hydrogen-bond acceptors (Lipinski definition) is 4. The van der Waals surface area contributed by atoms with Crippen LogP contribution < -0.4 is 0 Å². The lowest BCUT2D eigenvalue weighted by Crippen LogP contribution is -2.43. The van der Waals surface area contributed by atoms with E-state index in [2.05, 4.69) is 48.9 Å². The summed E-state index contributed by atoms with van der Waals surface area (Å²) < 4.78 is 2.04. The second-order valence-electron chi connectivity index (χ2n) is 12.3. The van der Waals surface area contributed by atoms with Gasteiger partial charge in [0.1, 0.15) is 0 Å². The highest BCUT2D eigenvalue weighted by atomic mass is 79.9. The predicted molar refractivity (Wildman–Crippen MR) is 174 cm³/mol. The number of pyridine rings is 1. The zero-order valence-corrected chi connectivity index (χ0v) is 28.4. The Morgan fingerprint density at radius 1 is 0.860 bits per heavy atom. The molecule has 1 atom stereocenters. The number of halogens is 3. The van der Waals surface area contributed by atoms with E-state index >= 15 is 0 Å². The van der Waals surface area contributed by atoms with Gasteiger partial charge < -0.3 is 14.9 Å². The van der Waals surface area contributed by atoms with Crippen LogP contribution in [-0.2, 0) is 27.2 Å². The number of rotatable bonds is 9. The van der Waals surface area contributed by atoms with Crippen molar-refractivity contribution in [2.45, 2.75) is 83.0 Å². The number of aryl methyl sites for hydroxylation is 2. The van der Waals surface area contributed by atoms with Crippen LogP contribution >= 0.6 is 43.5 Å². The molecule has 1 N–H and O–H groups in total. The maximum Gasteiger partial charge on any atom is 0.303 e. The standard InChI is InChI=1S/C33H40Br2ClN3O4/c34-25-17-24-7-6-23-18-26(36)19-27(35)31(23)32(33(24)37-20-25)22-10-14-39(15-11-22)29(41)16-21-8-12-38(13-9-21)28(40)4-2-1-3-5-30(42)43/h17-22,32H,1-16H2,(H,42,43). The summed E-state index contributed by atoms with van der Waals surface area (Å²) in [6.45, 7) is 2.92. The number of nitrogens with zero attached hydrogens (tertiary/aromatic N) is 3. The second kappa shape index (κ2) is 14.9. The number of piperidine rings is 2. The number of aromatic nitrogens is 1. The zero-order chi connectivity index (χ0) is 30.5. The molecule has 3 heterocycles. The summed E-state index contributed by atoms with van der Waals surface area (Å²) in [4.78, 5) is 45.5. The first-order valence-corrected chi connectivity index (χ1v) is 17.6. The number of benzene rings is 1. The van der Waals surface area contributed by atoms with E-state index in [1.165, 1.54) is 16.7 Å². The topological polar surface area (TPSA) is 90.8 Å². The van der Waals surface area contributed by atoms with Gasteiger partial charge in [0.25, 0.3) is 0 Å². The molecule has 2 amide bonds. The third-order valence-electron chi connectivity index (χ3n) is 9.49. The molecule has 0 spiro atoms. The van der Waals surface area contributed by atoms with Crippen molar-refractivity contribution >= 4 is 61.2 Å². The second-order valence-corrected chi connectivity index (χ2v) is 14.5. The highest BCUT2D eigenvalue weighted by Crippen LogP contribution is 2.46. The highest BCUT2D eigenvalue weighted by Gasteiger charge is 2.37. The van der Waals surface area contributed by atoms with E-state index in [0.717, 1.165) is 84.1 Å². The average molecular weight is 738 g/mol. The molecule has 7 nitrogen and oxygen atoms in total. The fraction of sp³-hybridized carbons (Fsp3) is 0.576. The van der Waals surface area contributed by atoms with Crippen LogP contribution in [0.4, 0.5) is 0 Å². The van der Waals surface area contributed by atoms with Crippen LogP contribution in [0, 0.1) is 11.8 Å². The van der Waals surface area contributed by atoms with Crippen LogP contribution in [0.2, 0.25) is 5.02 Å². The fourth-order valence-electron chi connectivity index (χ4n) is 7.16. The number of unbranched alkanes of at least 4 members (excludes halogenated alkanes) is 2. The molecule has 0 bridgehead atoms. The Morgan fingerprint density at radius 3 is 2.23 bits per heavy atom. The molecule has 1 aromatic carbocycles. The van der Waals surface area contributed by atoms with Crippen molar-refractivity contribution in [3.8, 4) is 0 Å². The normalized spacial score (nSPS) is 19.5.